The minimum atomic E-state index is -0.0862. The Kier molecular flexibility index (Phi) is 9.77. The molecule has 0 bridgehead atoms. The summed E-state index contributed by atoms with van der Waals surface area (Å²) in [6.07, 6.45) is 0.841. The van der Waals surface area contributed by atoms with E-state index in [1.165, 1.54) is 0 Å². The van der Waals surface area contributed by atoms with Gasteiger partial charge in [-0.05, 0) is 6.42 Å². The van der Waals surface area contributed by atoms with Gasteiger partial charge in [0.05, 0.1) is 5.92 Å². The largest absolute Gasteiger partial charge is 0.465 e. The summed E-state index contributed by atoms with van der Waals surface area (Å²) in [6, 6.07) is 0. The quantitative estimate of drug-likeness (QED) is 0.397. The molecule has 0 aliphatic rings. The third kappa shape index (κ3) is 7.53. The molecule has 0 aliphatic heterocycles. The molecule has 2 N–H and O–H groups in total. The van der Waals surface area contributed by atoms with Crippen molar-refractivity contribution in [3.63, 3.8) is 0 Å². The van der Waals surface area contributed by atoms with Crippen molar-refractivity contribution in [1.29, 1.82) is 0 Å². The van der Waals surface area contributed by atoms with Crippen LogP contribution < -0.4 is 5.73 Å². The SMILES string of the molecule is CCC(C)C(=O)OCCSSCCN. The van der Waals surface area contributed by atoms with Crippen molar-refractivity contribution < 1.29 is 9.53 Å². The van der Waals surface area contributed by atoms with Crippen LogP contribution >= 0.6 is 21.6 Å². The molecule has 0 saturated heterocycles. The molecule has 84 valence electrons. The third-order valence-corrected chi connectivity index (χ3v) is 4.11. The Hall–Kier alpha value is 0.130. The maximum atomic E-state index is 11.2. The monoisotopic (exact) mass is 237 g/mol. The van der Waals surface area contributed by atoms with E-state index in [2.05, 4.69) is 0 Å². The zero-order chi connectivity index (χ0) is 10.8. The van der Waals surface area contributed by atoms with Gasteiger partial charge in [-0.1, -0.05) is 35.4 Å². The molecule has 5 heteroatoms. The van der Waals surface area contributed by atoms with Crippen LogP contribution in [0.25, 0.3) is 0 Å². The van der Waals surface area contributed by atoms with Crippen LogP contribution in [0.3, 0.4) is 0 Å². The molecule has 0 spiro atoms. The molecule has 0 saturated carbocycles. The minimum Gasteiger partial charge on any atom is -0.465 e. The standard InChI is InChI=1S/C9H19NO2S2/c1-3-8(2)9(11)12-5-7-14-13-6-4-10/h8H,3-7,10H2,1-2H3. The molecule has 0 radical (unpaired) electrons. The molecule has 0 rings (SSSR count). The van der Waals surface area contributed by atoms with E-state index < -0.39 is 0 Å². The van der Waals surface area contributed by atoms with Gasteiger partial charge in [-0.25, -0.2) is 0 Å². The van der Waals surface area contributed by atoms with Crippen LogP contribution in [0.15, 0.2) is 0 Å². The van der Waals surface area contributed by atoms with Gasteiger partial charge in [-0.15, -0.1) is 0 Å². The van der Waals surface area contributed by atoms with E-state index in [1.54, 1.807) is 21.6 Å². The summed E-state index contributed by atoms with van der Waals surface area (Å²) in [7, 11) is 3.42. The van der Waals surface area contributed by atoms with Crippen molar-refractivity contribution in [3.05, 3.63) is 0 Å². The van der Waals surface area contributed by atoms with E-state index in [9.17, 15) is 4.79 Å². The molecule has 14 heavy (non-hydrogen) atoms. The zero-order valence-electron chi connectivity index (χ0n) is 8.82. The third-order valence-electron chi connectivity index (χ3n) is 1.71. The fourth-order valence-electron chi connectivity index (χ4n) is 0.651. The van der Waals surface area contributed by atoms with Gasteiger partial charge in [0.1, 0.15) is 6.61 Å². The summed E-state index contributed by atoms with van der Waals surface area (Å²) in [5.74, 6) is 1.73. The topological polar surface area (TPSA) is 52.3 Å². The number of hydrogen-bond donors (Lipinski definition) is 1. The highest BCUT2D eigenvalue weighted by molar-refractivity contribution is 8.76. The molecule has 0 amide bonds. The van der Waals surface area contributed by atoms with E-state index in [1.807, 2.05) is 13.8 Å². The predicted octanol–water partition coefficient (Wildman–Crippen LogP) is 1.92. The molecule has 0 aliphatic carbocycles. The number of carbonyl (C=O) groups is 1. The van der Waals surface area contributed by atoms with Crippen LogP contribution in [-0.2, 0) is 9.53 Å². The molecular weight excluding hydrogens is 218 g/mol. The lowest BCUT2D eigenvalue weighted by atomic mass is 10.1. The highest BCUT2D eigenvalue weighted by atomic mass is 33.1. The number of carbonyl (C=O) groups excluding carboxylic acids is 1. The van der Waals surface area contributed by atoms with Gasteiger partial charge >= 0.3 is 5.97 Å². The van der Waals surface area contributed by atoms with Gasteiger partial charge in [-0.2, -0.15) is 0 Å². The van der Waals surface area contributed by atoms with Gasteiger partial charge in [0.25, 0.3) is 0 Å². The Balaban J connectivity index is 3.23. The first-order valence-electron chi connectivity index (χ1n) is 4.83. The average molecular weight is 237 g/mol. The Morgan fingerprint density at radius 1 is 1.43 bits per heavy atom. The van der Waals surface area contributed by atoms with Gasteiger partial charge in [0.15, 0.2) is 0 Å². The molecule has 0 aromatic carbocycles. The highest BCUT2D eigenvalue weighted by Gasteiger charge is 2.10. The fourth-order valence-corrected chi connectivity index (χ4v) is 2.33. The lowest BCUT2D eigenvalue weighted by molar-refractivity contribution is -0.147. The molecule has 3 nitrogen and oxygen atoms in total. The predicted molar refractivity (Wildman–Crippen MR) is 64.4 cm³/mol. The van der Waals surface area contributed by atoms with Crippen molar-refractivity contribution in [2.24, 2.45) is 11.7 Å². The molecular formula is C9H19NO2S2. The maximum Gasteiger partial charge on any atom is 0.308 e. The second kappa shape index (κ2) is 9.68. The summed E-state index contributed by atoms with van der Waals surface area (Å²) < 4.78 is 5.07. The van der Waals surface area contributed by atoms with Crippen molar-refractivity contribution >= 4 is 27.6 Å². The number of ether oxygens (including phenoxy) is 1. The van der Waals surface area contributed by atoms with Crippen molar-refractivity contribution in [2.45, 2.75) is 20.3 Å². The second-order valence-corrected chi connectivity index (χ2v) is 5.61. The Morgan fingerprint density at radius 3 is 2.64 bits per heavy atom. The van der Waals surface area contributed by atoms with Gasteiger partial charge in [0.2, 0.25) is 0 Å². The molecule has 0 fully saturated rings. The van der Waals surface area contributed by atoms with Gasteiger partial charge in [-0.3, -0.25) is 4.79 Å². The normalized spacial score (nSPS) is 12.5. The second-order valence-electron chi connectivity index (χ2n) is 2.91. The van der Waals surface area contributed by atoms with Gasteiger partial charge < -0.3 is 10.5 Å². The number of esters is 1. The first-order chi connectivity index (χ1) is 6.72. The van der Waals surface area contributed by atoms with Crippen LogP contribution in [0.5, 0.6) is 0 Å². The molecule has 0 aromatic heterocycles. The summed E-state index contributed by atoms with van der Waals surface area (Å²) in [5.41, 5.74) is 5.33. The summed E-state index contributed by atoms with van der Waals surface area (Å²) in [4.78, 5) is 11.2. The smallest absolute Gasteiger partial charge is 0.308 e. The van der Waals surface area contributed by atoms with Crippen LogP contribution in [0, 0.1) is 5.92 Å². The lowest BCUT2D eigenvalue weighted by Crippen LogP contribution is -2.15. The lowest BCUT2D eigenvalue weighted by Gasteiger charge is -2.08. The number of rotatable bonds is 8. The van der Waals surface area contributed by atoms with E-state index in [4.69, 9.17) is 10.5 Å². The van der Waals surface area contributed by atoms with E-state index in [-0.39, 0.29) is 11.9 Å². The Labute approximate surface area is 93.9 Å². The Bertz CT molecular complexity index is 156. The van der Waals surface area contributed by atoms with Crippen LogP contribution in [0.4, 0.5) is 0 Å². The van der Waals surface area contributed by atoms with Crippen LogP contribution in [0.2, 0.25) is 0 Å². The number of nitrogens with two attached hydrogens (primary N) is 1. The van der Waals surface area contributed by atoms with E-state index in [0.717, 1.165) is 17.9 Å². The summed E-state index contributed by atoms with van der Waals surface area (Å²) in [6.45, 7) is 5.08. The first kappa shape index (κ1) is 14.1. The van der Waals surface area contributed by atoms with E-state index in [0.29, 0.717) is 13.2 Å². The average Bonchev–Trinajstić information content (AvgIpc) is 2.21. The molecule has 0 aromatic rings. The highest BCUT2D eigenvalue weighted by Crippen LogP contribution is 2.19. The zero-order valence-corrected chi connectivity index (χ0v) is 10.5. The minimum absolute atomic E-state index is 0.0247. The molecule has 1 unspecified atom stereocenters. The maximum absolute atomic E-state index is 11.2. The Morgan fingerprint density at radius 2 is 2.07 bits per heavy atom. The van der Waals surface area contributed by atoms with Crippen LogP contribution in [-0.4, -0.2) is 30.6 Å². The van der Waals surface area contributed by atoms with Gasteiger partial charge in [0, 0.05) is 18.1 Å². The number of hydrogen-bond acceptors (Lipinski definition) is 5. The molecule has 1 atom stereocenters. The van der Waals surface area contributed by atoms with E-state index >= 15 is 0 Å². The van der Waals surface area contributed by atoms with Crippen LogP contribution in [0.1, 0.15) is 20.3 Å². The first-order valence-corrected chi connectivity index (χ1v) is 7.32. The summed E-state index contributed by atoms with van der Waals surface area (Å²) >= 11 is 0. The molecule has 0 heterocycles. The van der Waals surface area contributed by atoms with Crippen molar-refractivity contribution in [2.75, 3.05) is 24.7 Å². The van der Waals surface area contributed by atoms with Crippen molar-refractivity contribution in [3.8, 4) is 0 Å². The summed E-state index contributed by atoms with van der Waals surface area (Å²) in [5, 5.41) is 0. The van der Waals surface area contributed by atoms with Crippen molar-refractivity contribution in [1.82, 2.24) is 0 Å². The fraction of sp³-hybridized carbons (Fsp3) is 0.889.